The van der Waals surface area contributed by atoms with Crippen molar-refractivity contribution in [3.63, 3.8) is 0 Å². The van der Waals surface area contributed by atoms with Crippen LogP contribution < -0.4 is 5.32 Å². The third-order valence-electron chi connectivity index (χ3n) is 3.01. The Hall–Kier alpha value is -0.660. The van der Waals surface area contributed by atoms with E-state index in [1.165, 1.54) is 0 Å². The van der Waals surface area contributed by atoms with E-state index in [1.807, 2.05) is 24.3 Å². The quantitative estimate of drug-likeness (QED) is 0.645. The Bertz CT molecular complexity index is 400. The largest absolute Gasteiger partial charge is 0.388 e. The fraction of sp³-hybridized carbons (Fsp3) is 0.500. The standard InChI is InChI=1S/C12H16BrNO4/c1-6-9(15)10(16)11(17)12(18-6)14-8-4-2-7(13)3-5-8/h2-6,9-12,14-17H,1H3/t6-,9+,10+,11+,12-/m0/s1. The first-order valence-electron chi connectivity index (χ1n) is 5.71. The second-order valence-electron chi connectivity index (χ2n) is 4.38. The average molecular weight is 318 g/mol. The Balaban J connectivity index is 2.06. The lowest BCUT2D eigenvalue weighted by atomic mass is 9.99. The highest BCUT2D eigenvalue weighted by Crippen LogP contribution is 2.23. The summed E-state index contributed by atoms with van der Waals surface area (Å²) < 4.78 is 6.38. The van der Waals surface area contributed by atoms with Gasteiger partial charge in [-0.05, 0) is 31.2 Å². The first-order valence-corrected chi connectivity index (χ1v) is 6.50. The smallest absolute Gasteiger partial charge is 0.157 e. The van der Waals surface area contributed by atoms with Crippen molar-refractivity contribution in [2.75, 3.05) is 5.32 Å². The van der Waals surface area contributed by atoms with Gasteiger partial charge in [-0.15, -0.1) is 0 Å². The van der Waals surface area contributed by atoms with Crippen LogP contribution in [0.4, 0.5) is 5.69 Å². The van der Waals surface area contributed by atoms with Crippen LogP contribution in [-0.4, -0.2) is 46.0 Å². The lowest BCUT2D eigenvalue weighted by Gasteiger charge is -2.39. The highest BCUT2D eigenvalue weighted by atomic mass is 79.9. The summed E-state index contributed by atoms with van der Waals surface area (Å²) in [4.78, 5) is 0. The maximum absolute atomic E-state index is 9.83. The van der Waals surface area contributed by atoms with Gasteiger partial charge >= 0.3 is 0 Å². The van der Waals surface area contributed by atoms with Crippen LogP contribution in [0.25, 0.3) is 0 Å². The molecule has 18 heavy (non-hydrogen) atoms. The molecule has 1 aliphatic heterocycles. The summed E-state index contributed by atoms with van der Waals surface area (Å²) in [5, 5.41) is 32.1. The van der Waals surface area contributed by atoms with Crippen molar-refractivity contribution in [2.45, 2.75) is 37.6 Å². The molecular formula is C12H16BrNO4. The molecule has 0 radical (unpaired) electrons. The van der Waals surface area contributed by atoms with Crippen LogP contribution in [0.15, 0.2) is 28.7 Å². The number of aliphatic hydroxyl groups is 3. The second kappa shape index (κ2) is 5.54. The molecule has 0 amide bonds. The topological polar surface area (TPSA) is 82.0 Å². The van der Waals surface area contributed by atoms with Gasteiger partial charge < -0.3 is 25.4 Å². The molecule has 1 aliphatic rings. The molecule has 2 rings (SSSR count). The van der Waals surface area contributed by atoms with Crippen LogP contribution in [0.3, 0.4) is 0 Å². The van der Waals surface area contributed by atoms with Gasteiger partial charge in [0, 0.05) is 10.2 Å². The van der Waals surface area contributed by atoms with Gasteiger partial charge in [0.2, 0.25) is 0 Å². The molecule has 0 saturated carbocycles. The first kappa shape index (κ1) is 13.8. The summed E-state index contributed by atoms with van der Waals surface area (Å²) >= 11 is 3.33. The molecule has 1 fully saturated rings. The summed E-state index contributed by atoms with van der Waals surface area (Å²) in [7, 11) is 0. The van der Waals surface area contributed by atoms with E-state index in [0.717, 1.165) is 10.2 Å². The van der Waals surface area contributed by atoms with E-state index in [9.17, 15) is 15.3 Å². The zero-order chi connectivity index (χ0) is 13.3. The predicted molar refractivity (Wildman–Crippen MR) is 70.1 cm³/mol. The Morgan fingerprint density at radius 2 is 1.67 bits per heavy atom. The van der Waals surface area contributed by atoms with Gasteiger partial charge in [-0.2, -0.15) is 0 Å². The van der Waals surface area contributed by atoms with Crippen LogP contribution in [0.2, 0.25) is 0 Å². The third kappa shape index (κ3) is 2.84. The number of halogens is 1. The average Bonchev–Trinajstić information content (AvgIpc) is 2.36. The molecule has 5 nitrogen and oxygen atoms in total. The summed E-state index contributed by atoms with van der Waals surface area (Å²) in [6, 6.07) is 7.35. The lowest BCUT2D eigenvalue weighted by molar-refractivity contribution is -0.209. The van der Waals surface area contributed by atoms with Crippen LogP contribution in [0.1, 0.15) is 6.92 Å². The molecular weight excluding hydrogens is 302 g/mol. The van der Waals surface area contributed by atoms with E-state index >= 15 is 0 Å². The van der Waals surface area contributed by atoms with Crippen molar-refractivity contribution in [3.8, 4) is 0 Å². The van der Waals surface area contributed by atoms with Crippen molar-refractivity contribution in [1.29, 1.82) is 0 Å². The zero-order valence-corrected chi connectivity index (χ0v) is 11.4. The molecule has 0 aromatic heterocycles. The van der Waals surface area contributed by atoms with Crippen molar-refractivity contribution < 1.29 is 20.1 Å². The number of anilines is 1. The van der Waals surface area contributed by atoms with Gasteiger partial charge in [-0.1, -0.05) is 15.9 Å². The maximum Gasteiger partial charge on any atom is 0.157 e. The lowest BCUT2D eigenvalue weighted by Crippen LogP contribution is -2.58. The van der Waals surface area contributed by atoms with Gasteiger partial charge in [0.25, 0.3) is 0 Å². The van der Waals surface area contributed by atoms with Crippen molar-refractivity contribution in [1.82, 2.24) is 0 Å². The molecule has 0 bridgehead atoms. The Kier molecular flexibility index (Phi) is 4.24. The fourth-order valence-corrected chi connectivity index (χ4v) is 2.15. The van der Waals surface area contributed by atoms with Crippen LogP contribution in [0, 0.1) is 0 Å². The number of aliphatic hydroxyl groups excluding tert-OH is 3. The molecule has 1 heterocycles. The molecule has 4 N–H and O–H groups in total. The minimum absolute atomic E-state index is 0.545. The van der Waals surface area contributed by atoms with E-state index in [1.54, 1.807) is 6.92 Å². The summed E-state index contributed by atoms with van der Waals surface area (Å²) in [6.45, 7) is 1.65. The summed E-state index contributed by atoms with van der Waals surface area (Å²) in [5.41, 5.74) is 0.762. The van der Waals surface area contributed by atoms with Crippen LogP contribution in [-0.2, 0) is 4.74 Å². The predicted octanol–water partition coefficient (Wildman–Crippen LogP) is 0.688. The van der Waals surface area contributed by atoms with E-state index in [0.29, 0.717) is 0 Å². The fourth-order valence-electron chi connectivity index (χ4n) is 1.88. The summed E-state index contributed by atoms with van der Waals surface area (Å²) in [5.74, 6) is 0. The van der Waals surface area contributed by atoms with Gasteiger partial charge in [0.1, 0.15) is 18.3 Å². The first-order chi connectivity index (χ1) is 8.49. The molecule has 1 saturated heterocycles. The number of nitrogens with one attached hydrogen (secondary N) is 1. The molecule has 0 spiro atoms. The van der Waals surface area contributed by atoms with Gasteiger partial charge in [-0.3, -0.25) is 0 Å². The Labute approximate surface area is 114 Å². The molecule has 5 atom stereocenters. The Morgan fingerprint density at radius 3 is 2.28 bits per heavy atom. The van der Waals surface area contributed by atoms with Crippen molar-refractivity contribution in [2.24, 2.45) is 0 Å². The minimum Gasteiger partial charge on any atom is -0.388 e. The SMILES string of the molecule is C[C@@H]1O[C@H](Nc2ccc(Br)cc2)[C@H](O)[C@H](O)[C@@H]1O. The molecule has 1 aromatic rings. The zero-order valence-electron chi connectivity index (χ0n) is 9.82. The maximum atomic E-state index is 9.83. The van der Waals surface area contributed by atoms with Crippen molar-refractivity contribution >= 4 is 21.6 Å². The monoisotopic (exact) mass is 317 g/mol. The Morgan fingerprint density at radius 1 is 1.06 bits per heavy atom. The molecule has 1 aromatic carbocycles. The highest BCUT2D eigenvalue weighted by molar-refractivity contribution is 9.10. The van der Waals surface area contributed by atoms with Crippen LogP contribution >= 0.6 is 15.9 Å². The summed E-state index contributed by atoms with van der Waals surface area (Å²) in [6.07, 6.45) is -4.78. The highest BCUT2D eigenvalue weighted by Gasteiger charge is 2.41. The number of hydrogen-bond acceptors (Lipinski definition) is 5. The van der Waals surface area contributed by atoms with E-state index in [2.05, 4.69) is 21.2 Å². The van der Waals surface area contributed by atoms with E-state index in [-0.39, 0.29) is 0 Å². The number of ether oxygens (including phenoxy) is 1. The molecule has 100 valence electrons. The van der Waals surface area contributed by atoms with Gasteiger partial charge in [0.05, 0.1) is 6.10 Å². The molecule has 6 heteroatoms. The molecule has 0 unspecified atom stereocenters. The normalized spacial score (nSPS) is 36.4. The minimum atomic E-state index is -1.22. The number of rotatable bonds is 2. The number of benzene rings is 1. The second-order valence-corrected chi connectivity index (χ2v) is 5.30. The van der Waals surface area contributed by atoms with Crippen LogP contribution in [0.5, 0.6) is 0 Å². The van der Waals surface area contributed by atoms with Gasteiger partial charge in [0.15, 0.2) is 6.23 Å². The van der Waals surface area contributed by atoms with E-state index in [4.69, 9.17) is 4.74 Å². The third-order valence-corrected chi connectivity index (χ3v) is 3.53. The molecule has 0 aliphatic carbocycles. The van der Waals surface area contributed by atoms with Gasteiger partial charge in [-0.25, -0.2) is 0 Å². The number of hydrogen-bond donors (Lipinski definition) is 4. The van der Waals surface area contributed by atoms with E-state index < -0.39 is 30.6 Å². The van der Waals surface area contributed by atoms with Crippen molar-refractivity contribution in [3.05, 3.63) is 28.7 Å².